The van der Waals surface area contributed by atoms with Crippen molar-refractivity contribution in [1.82, 2.24) is 15.2 Å². The molecule has 0 spiro atoms. The van der Waals surface area contributed by atoms with Crippen LogP contribution in [0.4, 0.5) is 5.82 Å². The second-order valence-corrected chi connectivity index (χ2v) is 8.12. The molecule has 0 atom stereocenters. The van der Waals surface area contributed by atoms with Gasteiger partial charge in [0.2, 0.25) is 5.91 Å². The summed E-state index contributed by atoms with van der Waals surface area (Å²) in [4.78, 5) is 21.5. The van der Waals surface area contributed by atoms with Gasteiger partial charge in [0.25, 0.3) is 0 Å². The lowest BCUT2D eigenvalue weighted by Crippen LogP contribution is -2.36. The molecule has 1 aromatic carbocycles. The molecule has 0 radical (unpaired) electrons. The molecule has 0 unspecified atom stereocenters. The summed E-state index contributed by atoms with van der Waals surface area (Å²) in [6.45, 7) is 7.15. The Morgan fingerprint density at radius 2 is 1.93 bits per heavy atom. The number of ether oxygens (including phenoxy) is 1. The number of hydrogen-bond acceptors (Lipinski definition) is 5. The summed E-state index contributed by atoms with van der Waals surface area (Å²) in [6.07, 6.45) is 5.22. The molecule has 0 bridgehead atoms. The van der Waals surface area contributed by atoms with E-state index in [1.807, 2.05) is 12.3 Å². The zero-order valence-electron chi connectivity index (χ0n) is 17.7. The maximum absolute atomic E-state index is 12.3. The highest BCUT2D eigenvalue weighted by Gasteiger charge is 2.15. The Hall–Kier alpha value is -2.44. The second kappa shape index (κ2) is 10.5. The lowest BCUT2D eigenvalue weighted by Gasteiger charge is -2.28. The first-order valence-electron chi connectivity index (χ1n) is 11.1. The number of nitrogens with zero attached hydrogens (tertiary/aromatic N) is 3. The predicted octanol–water partition coefficient (Wildman–Crippen LogP) is 2.42. The van der Waals surface area contributed by atoms with Gasteiger partial charge in [0.15, 0.2) is 0 Å². The Morgan fingerprint density at radius 1 is 1.10 bits per heavy atom. The van der Waals surface area contributed by atoms with E-state index < -0.39 is 0 Å². The van der Waals surface area contributed by atoms with E-state index in [0.29, 0.717) is 6.42 Å². The Kier molecular flexibility index (Phi) is 7.32. The topological polar surface area (TPSA) is 57.7 Å². The number of benzene rings is 1. The predicted molar refractivity (Wildman–Crippen MR) is 119 cm³/mol. The summed E-state index contributed by atoms with van der Waals surface area (Å²) in [5.74, 6) is 1.11. The van der Waals surface area contributed by atoms with Crippen LogP contribution in [0.5, 0.6) is 0 Å². The number of fused-ring (bicyclic) bond motifs is 1. The number of carbonyl (C=O) groups is 1. The summed E-state index contributed by atoms with van der Waals surface area (Å²) >= 11 is 0. The van der Waals surface area contributed by atoms with Crippen LogP contribution in [0.3, 0.4) is 0 Å². The van der Waals surface area contributed by atoms with Crippen LogP contribution in [0, 0.1) is 0 Å². The summed E-state index contributed by atoms with van der Waals surface area (Å²) in [7, 11) is 0. The maximum Gasteiger partial charge on any atom is 0.220 e. The van der Waals surface area contributed by atoms with Crippen molar-refractivity contribution in [2.75, 3.05) is 50.8 Å². The normalized spacial score (nSPS) is 16.9. The van der Waals surface area contributed by atoms with Gasteiger partial charge in [-0.3, -0.25) is 9.69 Å². The third kappa shape index (κ3) is 5.80. The first-order chi connectivity index (χ1) is 14.8. The van der Waals surface area contributed by atoms with Crippen molar-refractivity contribution in [2.24, 2.45) is 0 Å². The molecule has 0 aliphatic carbocycles. The van der Waals surface area contributed by atoms with E-state index in [9.17, 15) is 4.79 Å². The van der Waals surface area contributed by atoms with Gasteiger partial charge in [-0.15, -0.1) is 0 Å². The molecule has 1 saturated heterocycles. The number of hydrogen-bond donors (Lipinski definition) is 1. The van der Waals surface area contributed by atoms with Crippen molar-refractivity contribution < 1.29 is 9.53 Å². The number of morpholine rings is 1. The van der Waals surface area contributed by atoms with Crippen LogP contribution in [-0.2, 0) is 28.9 Å². The summed E-state index contributed by atoms with van der Waals surface area (Å²) < 4.78 is 5.41. The number of aromatic nitrogens is 1. The number of pyridine rings is 1. The van der Waals surface area contributed by atoms with Crippen LogP contribution in [-0.4, -0.2) is 61.7 Å². The van der Waals surface area contributed by atoms with Gasteiger partial charge >= 0.3 is 0 Å². The second-order valence-electron chi connectivity index (χ2n) is 8.12. The van der Waals surface area contributed by atoms with E-state index in [1.54, 1.807) is 0 Å². The minimum absolute atomic E-state index is 0.128. The average molecular weight is 409 g/mol. The van der Waals surface area contributed by atoms with Crippen molar-refractivity contribution >= 4 is 11.7 Å². The van der Waals surface area contributed by atoms with E-state index in [1.165, 1.54) is 11.1 Å². The number of aryl methyl sites for hydroxylation is 1. The number of anilines is 1. The molecule has 6 heteroatoms. The van der Waals surface area contributed by atoms with E-state index in [4.69, 9.17) is 4.74 Å². The van der Waals surface area contributed by atoms with Gasteiger partial charge in [-0.25, -0.2) is 4.98 Å². The fourth-order valence-electron chi connectivity index (χ4n) is 4.20. The molecule has 1 amide bonds. The highest BCUT2D eigenvalue weighted by Crippen LogP contribution is 2.18. The maximum atomic E-state index is 12.3. The molecule has 2 aliphatic heterocycles. The van der Waals surface area contributed by atoms with Crippen molar-refractivity contribution in [3.63, 3.8) is 0 Å². The van der Waals surface area contributed by atoms with E-state index in [2.05, 4.69) is 50.4 Å². The fourth-order valence-corrected chi connectivity index (χ4v) is 4.20. The standard InChI is InChI=1S/C24H32N4O2/c29-24(7-6-20-8-11-25-23(18-20)28-14-16-30-17-15-28)26-10-3-12-27-13-9-21-4-1-2-5-22(21)19-27/h1-2,4-5,8,11,18H,3,6-7,9-10,12-17,19H2,(H,26,29). The summed E-state index contributed by atoms with van der Waals surface area (Å²) in [5.41, 5.74) is 4.09. The molecule has 6 nitrogen and oxygen atoms in total. The Morgan fingerprint density at radius 3 is 2.80 bits per heavy atom. The van der Waals surface area contributed by atoms with Crippen molar-refractivity contribution in [3.8, 4) is 0 Å². The molecular formula is C24H32N4O2. The van der Waals surface area contributed by atoms with Gasteiger partial charge in [-0.05, 0) is 48.1 Å². The van der Waals surface area contributed by atoms with E-state index in [-0.39, 0.29) is 5.91 Å². The molecule has 2 aliphatic rings. The van der Waals surface area contributed by atoms with Crippen LogP contribution in [0.1, 0.15) is 29.5 Å². The lowest BCUT2D eigenvalue weighted by atomic mass is 10.00. The van der Waals surface area contributed by atoms with Gasteiger partial charge in [0.1, 0.15) is 5.82 Å². The number of rotatable bonds is 8. The third-order valence-corrected chi connectivity index (χ3v) is 5.97. The largest absolute Gasteiger partial charge is 0.378 e. The quantitative estimate of drug-likeness (QED) is 0.680. The monoisotopic (exact) mass is 408 g/mol. The molecule has 1 aromatic heterocycles. The van der Waals surface area contributed by atoms with E-state index in [0.717, 1.165) is 83.1 Å². The molecule has 160 valence electrons. The van der Waals surface area contributed by atoms with Crippen LogP contribution in [0.2, 0.25) is 0 Å². The van der Waals surface area contributed by atoms with Gasteiger partial charge < -0.3 is 15.0 Å². The van der Waals surface area contributed by atoms with Gasteiger partial charge in [0.05, 0.1) is 13.2 Å². The molecule has 1 N–H and O–H groups in total. The van der Waals surface area contributed by atoms with Crippen LogP contribution in [0.15, 0.2) is 42.6 Å². The van der Waals surface area contributed by atoms with Gasteiger partial charge in [-0.2, -0.15) is 0 Å². The molecule has 1 fully saturated rings. The Balaban J connectivity index is 1.14. The van der Waals surface area contributed by atoms with Crippen molar-refractivity contribution in [1.29, 1.82) is 0 Å². The van der Waals surface area contributed by atoms with Crippen molar-refractivity contribution in [3.05, 3.63) is 59.3 Å². The zero-order chi connectivity index (χ0) is 20.6. The highest BCUT2D eigenvalue weighted by molar-refractivity contribution is 5.76. The summed E-state index contributed by atoms with van der Waals surface area (Å²) in [6, 6.07) is 12.8. The summed E-state index contributed by atoms with van der Waals surface area (Å²) in [5, 5.41) is 3.08. The number of carbonyl (C=O) groups excluding carboxylic acids is 1. The minimum Gasteiger partial charge on any atom is -0.378 e. The molecule has 30 heavy (non-hydrogen) atoms. The minimum atomic E-state index is 0.128. The highest BCUT2D eigenvalue weighted by atomic mass is 16.5. The van der Waals surface area contributed by atoms with Crippen LogP contribution in [0.25, 0.3) is 0 Å². The first-order valence-corrected chi connectivity index (χ1v) is 11.1. The fraction of sp³-hybridized carbons (Fsp3) is 0.500. The third-order valence-electron chi connectivity index (χ3n) is 5.97. The molecule has 3 heterocycles. The van der Waals surface area contributed by atoms with Crippen molar-refractivity contribution in [2.45, 2.75) is 32.2 Å². The molecule has 4 rings (SSSR count). The molecular weight excluding hydrogens is 376 g/mol. The Bertz CT molecular complexity index is 835. The van der Waals surface area contributed by atoms with Gasteiger partial charge in [-0.1, -0.05) is 24.3 Å². The lowest BCUT2D eigenvalue weighted by molar-refractivity contribution is -0.121. The smallest absolute Gasteiger partial charge is 0.220 e. The molecule has 2 aromatic rings. The first kappa shape index (κ1) is 20.8. The van der Waals surface area contributed by atoms with Gasteiger partial charge in [0, 0.05) is 51.9 Å². The number of nitrogens with one attached hydrogen (secondary N) is 1. The average Bonchev–Trinajstić information content (AvgIpc) is 2.81. The number of amides is 1. The van der Waals surface area contributed by atoms with E-state index >= 15 is 0 Å². The molecule has 0 saturated carbocycles. The van der Waals surface area contributed by atoms with Crippen LogP contribution >= 0.6 is 0 Å². The Labute approximate surface area is 179 Å². The van der Waals surface area contributed by atoms with Crippen LogP contribution < -0.4 is 10.2 Å². The zero-order valence-corrected chi connectivity index (χ0v) is 17.7. The SMILES string of the molecule is O=C(CCc1ccnc(N2CCOCC2)c1)NCCCN1CCc2ccccc2C1.